The van der Waals surface area contributed by atoms with Crippen molar-refractivity contribution in [3.05, 3.63) is 15.9 Å². The van der Waals surface area contributed by atoms with Crippen LogP contribution in [0, 0.1) is 6.92 Å². The minimum absolute atomic E-state index is 0.0263. The molecule has 2 aromatic rings. The van der Waals surface area contributed by atoms with Crippen LogP contribution in [0.1, 0.15) is 10.6 Å². The molecule has 0 fully saturated rings. The average molecular weight is 333 g/mol. The second-order valence-corrected chi connectivity index (χ2v) is 6.17. The highest BCUT2D eigenvalue weighted by molar-refractivity contribution is 8.00. The average Bonchev–Trinajstić information content (AvgIpc) is 2.67. The molecular formula is C10H9ClN4O3S2. The van der Waals surface area contributed by atoms with Crippen LogP contribution in [0.5, 0.6) is 6.01 Å². The van der Waals surface area contributed by atoms with Crippen molar-refractivity contribution in [1.82, 2.24) is 19.9 Å². The third-order valence-electron chi connectivity index (χ3n) is 2.11. The summed E-state index contributed by atoms with van der Waals surface area (Å²) in [5.41, 5.74) is 0.687. The Hall–Kier alpha value is -1.45. The van der Waals surface area contributed by atoms with Gasteiger partial charge in [-0.2, -0.15) is 15.0 Å². The molecule has 0 aliphatic rings. The number of nitrogens with zero attached hydrogens (tertiary/aromatic N) is 4. The van der Waals surface area contributed by atoms with Gasteiger partial charge in [0.15, 0.2) is 4.34 Å². The maximum Gasteiger partial charge on any atom is 0.321 e. The number of hydrogen-bond donors (Lipinski definition) is 1. The minimum Gasteiger partial charge on any atom is -0.481 e. The topological polar surface area (TPSA) is 98.1 Å². The zero-order valence-corrected chi connectivity index (χ0v) is 12.8. The Morgan fingerprint density at radius 1 is 1.40 bits per heavy atom. The van der Waals surface area contributed by atoms with Crippen LogP contribution in [-0.2, 0) is 11.2 Å². The number of carbonyl (C=O) groups is 1. The number of carboxylic acids is 1. The Labute approximate surface area is 127 Å². The first-order chi connectivity index (χ1) is 9.47. The lowest BCUT2D eigenvalue weighted by atomic mass is 10.3. The van der Waals surface area contributed by atoms with Crippen molar-refractivity contribution in [3.63, 3.8) is 0 Å². The van der Waals surface area contributed by atoms with Gasteiger partial charge in [-0.25, -0.2) is 4.98 Å². The molecule has 0 saturated heterocycles. The second-order valence-electron chi connectivity index (χ2n) is 3.53. The van der Waals surface area contributed by atoms with Crippen LogP contribution in [0.15, 0.2) is 9.50 Å². The highest BCUT2D eigenvalue weighted by atomic mass is 35.5. The van der Waals surface area contributed by atoms with Gasteiger partial charge in [0.05, 0.1) is 19.2 Å². The van der Waals surface area contributed by atoms with Crippen molar-refractivity contribution in [1.29, 1.82) is 0 Å². The Kier molecular flexibility index (Phi) is 4.73. The van der Waals surface area contributed by atoms with Crippen molar-refractivity contribution in [2.24, 2.45) is 0 Å². The number of halogens is 1. The number of rotatable bonds is 5. The fourth-order valence-electron chi connectivity index (χ4n) is 1.28. The molecule has 0 radical (unpaired) electrons. The number of thiazole rings is 1. The molecule has 0 aliphatic heterocycles. The maximum atomic E-state index is 10.7. The molecule has 106 valence electrons. The van der Waals surface area contributed by atoms with E-state index in [0.717, 1.165) is 0 Å². The number of methoxy groups -OCH3 is 1. The lowest BCUT2D eigenvalue weighted by Crippen LogP contribution is -1.99. The maximum absolute atomic E-state index is 10.7. The third-order valence-corrected chi connectivity index (χ3v) is 4.37. The van der Waals surface area contributed by atoms with Crippen LogP contribution in [0.3, 0.4) is 0 Å². The van der Waals surface area contributed by atoms with Crippen molar-refractivity contribution in [3.8, 4) is 6.01 Å². The van der Waals surface area contributed by atoms with E-state index in [2.05, 4.69) is 19.9 Å². The van der Waals surface area contributed by atoms with Crippen molar-refractivity contribution in [2.45, 2.75) is 22.8 Å². The van der Waals surface area contributed by atoms with Gasteiger partial charge >= 0.3 is 12.0 Å². The van der Waals surface area contributed by atoms with Crippen molar-refractivity contribution < 1.29 is 14.6 Å². The lowest BCUT2D eigenvalue weighted by Gasteiger charge is -2.00. The fourth-order valence-corrected chi connectivity index (χ4v) is 3.55. The van der Waals surface area contributed by atoms with Crippen molar-refractivity contribution in [2.75, 3.05) is 7.11 Å². The van der Waals surface area contributed by atoms with E-state index in [0.29, 0.717) is 20.1 Å². The molecule has 2 heterocycles. The smallest absolute Gasteiger partial charge is 0.321 e. The monoisotopic (exact) mass is 332 g/mol. The van der Waals surface area contributed by atoms with Gasteiger partial charge in [-0.15, -0.1) is 11.3 Å². The summed E-state index contributed by atoms with van der Waals surface area (Å²) in [7, 11) is 1.43. The summed E-state index contributed by atoms with van der Waals surface area (Å²) < 4.78 is 5.54. The van der Waals surface area contributed by atoms with Gasteiger partial charge in [0.25, 0.3) is 0 Å². The summed E-state index contributed by atoms with van der Waals surface area (Å²) in [4.78, 5) is 27.5. The number of aliphatic carboxylic acids is 1. The van der Waals surface area contributed by atoms with E-state index in [9.17, 15) is 4.79 Å². The van der Waals surface area contributed by atoms with Crippen LogP contribution in [-0.4, -0.2) is 38.1 Å². The normalized spacial score (nSPS) is 10.6. The predicted octanol–water partition coefficient (Wildman–Crippen LogP) is 2.08. The number of hydrogen-bond acceptors (Lipinski definition) is 8. The highest BCUT2D eigenvalue weighted by Crippen LogP contribution is 2.32. The second kappa shape index (κ2) is 6.33. The summed E-state index contributed by atoms with van der Waals surface area (Å²) in [5.74, 6) is -0.891. The summed E-state index contributed by atoms with van der Waals surface area (Å²) >= 11 is 8.22. The summed E-state index contributed by atoms with van der Waals surface area (Å²) in [6.45, 7) is 1.76. The van der Waals surface area contributed by atoms with E-state index in [-0.39, 0.29) is 17.7 Å². The minimum atomic E-state index is -0.891. The predicted molar refractivity (Wildman–Crippen MR) is 73.7 cm³/mol. The van der Waals surface area contributed by atoms with Crippen LogP contribution >= 0.6 is 34.7 Å². The molecule has 0 atom stereocenters. The van der Waals surface area contributed by atoms with Gasteiger partial charge in [-0.1, -0.05) is 0 Å². The molecular weight excluding hydrogens is 324 g/mol. The third kappa shape index (κ3) is 3.78. The van der Waals surface area contributed by atoms with E-state index in [1.165, 1.54) is 30.2 Å². The van der Waals surface area contributed by atoms with E-state index in [1.54, 1.807) is 6.92 Å². The first-order valence-electron chi connectivity index (χ1n) is 5.29. The molecule has 0 spiro atoms. The zero-order valence-electron chi connectivity index (χ0n) is 10.5. The molecule has 0 saturated carbocycles. The molecule has 0 aliphatic carbocycles. The van der Waals surface area contributed by atoms with E-state index in [1.807, 2.05) is 0 Å². The van der Waals surface area contributed by atoms with Gasteiger partial charge in [0.2, 0.25) is 10.4 Å². The van der Waals surface area contributed by atoms with Crippen LogP contribution in [0.4, 0.5) is 0 Å². The Morgan fingerprint density at radius 3 is 2.80 bits per heavy atom. The van der Waals surface area contributed by atoms with E-state index >= 15 is 0 Å². The summed E-state index contributed by atoms with van der Waals surface area (Å²) in [6.07, 6.45) is -0.0503. The molecule has 0 amide bonds. The molecule has 0 aromatic carbocycles. The molecule has 20 heavy (non-hydrogen) atoms. The van der Waals surface area contributed by atoms with Gasteiger partial charge in [-0.05, 0) is 30.3 Å². The summed E-state index contributed by atoms with van der Waals surface area (Å²) in [5, 5.41) is 9.17. The first-order valence-corrected chi connectivity index (χ1v) is 7.30. The van der Waals surface area contributed by atoms with Crippen LogP contribution < -0.4 is 4.74 Å². The number of carboxylic acid groups (broad SMARTS) is 1. The quantitative estimate of drug-likeness (QED) is 0.888. The Bertz CT molecular complexity index is 649. The summed E-state index contributed by atoms with van der Waals surface area (Å²) in [6, 6.07) is 0.117. The first kappa shape index (κ1) is 14.9. The molecule has 0 unspecified atom stereocenters. The zero-order chi connectivity index (χ0) is 14.7. The fraction of sp³-hybridized carbons (Fsp3) is 0.300. The SMILES string of the molecule is COc1nc(Cl)nc(Sc2nc(C)c(CC(=O)O)s2)n1. The Balaban J connectivity index is 2.21. The van der Waals surface area contributed by atoms with Crippen LogP contribution in [0.25, 0.3) is 0 Å². The molecule has 2 aromatic heterocycles. The van der Waals surface area contributed by atoms with Gasteiger partial charge in [-0.3, -0.25) is 4.79 Å². The molecule has 0 bridgehead atoms. The number of aryl methyl sites for hydroxylation is 1. The Morgan fingerprint density at radius 2 is 2.15 bits per heavy atom. The van der Waals surface area contributed by atoms with Crippen LogP contribution in [0.2, 0.25) is 5.28 Å². The number of ether oxygens (including phenoxy) is 1. The molecule has 10 heteroatoms. The molecule has 1 N–H and O–H groups in total. The highest BCUT2D eigenvalue weighted by Gasteiger charge is 2.14. The standard InChI is InChI=1S/C10H9ClN4O3S2/c1-4-5(3-6(16)17)19-10(12-4)20-9-14-7(11)13-8(15-9)18-2/h3H2,1-2H3,(H,16,17). The van der Waals surface area contributed by atoms with Gasteiger partial charge in [0.1, 0.15) is 0 Å². The molecule has 7 nitrogen and oxygen atoms in total. The largest absolute Gasteiger partial charge is 0.481 e. The molecule has 2 rings (SSSR count). The lowest BCUT2D eigenvalue weighted by molar-refractivity contribution is -0.136. The van der Waals surface area contributed by atoms with Gasteiger partial charge < -0.3 is 9.84 Å². The van der Waals surface area contributed by atoms with Gasteiger partial charge in [0, 0.05) is 4.88 Å². The van der Waals surface area contributed by atoms with E-state index in [4.69, 9.17) is 21.4 Å². The van der Waals surface area contributed by atoms with E-state index < -0.39 is 5.97 Å². The number of aromatic nitrogens is 4. The van der Waals surface area contributed by atoms with Crippen molar-refractivity contribution >= 4 is 40.7 Å².